The topological polar surface area (TPSA) is 87.1 Å². The molecule has 17 heavy (non-hydrogen) atoms. The second-order valence-corrected chi connectivity index (χ2v) is 5.39. The van der Waals surface area contributed by atoms with E-state index in [0.29, 0.717) is 24.9 Å². The lowest BCUT2D eigenvalue weighted by Crippen LogP contribution is -2.41. The smallest absolute Gasteiger partial charge is 0.407 e. The van der Waals surface area contributed by atoms with Gasteiger partial charge in [-0.2, -0.15) is 0 Å². The molecule has 0 radical (unpaired) electrons. The summed E-state index contributed by atoms with van der Waals surface area (Å²) >= 11 is 0. The van der Waals surface area contributed by atoms with Gasteiger partial charge in [-0.15, -0.1) is 0 Å². The lowest BCUT2D eigenvalue weighted by Gasteiger charge is -2.35. The Balaban J connectivity index is 2.22. The average molecular weight is 240 g/mol. The molecule has 0 bridgehead atoms. The minimum Gasteiger partial charge on any atom is -0.444 e. The van der Waals surface area contributed by atoms with Crippen molar-refractivity contribution in [3.8, 4) is 0 Å². The Morgan fingerprint density at radius 1 is 1.47 bits per heavy atom. The number of hydrogen-bond acceptors (Lipinski definition) is 3. The first-order valence-corrected chi connectivity index (χ1v) is 5.90. The molecule has 1 N–H and O–H groups in total. The molecule has 1 rings (SSSR count). The molecular formula is C11H20N4O2. The van der Waals surface area contributed by atoms with E-state index >= 15 is 0 Å². The van der Waals surface area contributed by atoms with Crippen LogP contribution in [0.15, 0.2) is 5.11 Å². The third-order valence-corrected chi connectivity index (χ3v) is 2.86. The molecule has 0 aromatic rings. The molecule has 0 unspecified atom stereocenters. The number of hydrogen-bond donors (Lipinski definition) is 1. The molecule has 2 atom stereocenters. The molecule has 0 aromatic heterocycles. The van der Waals surface area contributed by atoms with Crippen LogP contribution in [0.4, 0.5) is 4.79 Å². The molecule has 1 amide bonds. The predicted molar refractivity (Wildman–Crippen MR) is 64.5 cm³/mol. The van der Waals surface area contributed by atoms with Gasteiger partial charge in [-0.3, -0.25) is 0 Å². The fourth-order valence-corrected chi connectivity index (χ4v) is 1.82. The standard InChI is InChI=1S/C11H20N4O2/c1-11(2,3)17-10(16)13-6-8-4-5-9(8)7-14-15-12/h8-9H,4-7H2,1-3H3,(H,13,16)/t8-,9-/m0/s1. The van der Waals surface area contributed by atoms with Gasteiger partial charge in [0.05, 0.1) is 0 Å². The Kier molecular flexibility index (Phi) is 4.63. The Labute approximate surface area is 101 Å². The molecule has 96 valence electrons. The highest BCUT2D eigenvalue weighted by molar-refractivity contribution is 5.67. The summed E-state index contributed by atoms with van der Waals surface area (Å²) in [5.41, 5.74) is 7.77. The molecule has 0 saturated heterocycles. The number of amides is 1. The van der Waals surface area contributed by atoms with Crippen LogP contribution >= 0.6 is 0 Å². The minimum absolute atomic E-state index is 0.382. The third kappa shape index (κ3) is 4.95. The second-order valence-electron chi connectivity index (χ2n) is 5.39. The molecule has 1 fully saturated rings. The normalized spacial score (nSPS) is 23.2. The number of carbonyl (C=O) groups excluding carboxylic acids is 1. The molecule has 1 aliphatic carbocycles. The van der Waals surface area contributed by atoms with Gasteiger partial charge in [0.25, 0.3) is 0 Å². The summed E-state index contributed by atoms with van der Waals surface area (Å²) in [5.74, 6) is 0.814. The Morgan fingerprint density at radius 2 is 2.12 bits per heavy atom. The van der Waals surface area contributed by atoms with Crippen LogP contribution in [0.25, 0.3) is 10.4 Å². The number of rotatable bonds is 4. The van der Waals surface area contributed by atoms with E-state index < -0.39 is 5.60 Å². The predicted octanol–water partition coefficient (Wildman–Crippen LogP) is 2.85. The van der Waals surface area contributed by atoms with Crippen LogP contribution in [-0.2, 0) is 4.74 Å². The first-order chi connectivity index (χ1) is 7.92. The number of azide groups is 1. The molecule has 0 spiro atoms. The van der Waals surface area contributed by atoms with Crippen LogP contribution in [-0.4, -0.2) is 24.8 Å². The maximum atomic E-state index is 11.4. The number of alkyl carbamates (subject to hydrolysis) is 1. The molecule has 0 aliphatic heterocycles. The molecule has 1 saturated carbocycles. The van der Waals surface area contributed by atoms with Crippen LogP contribution in [0.3, 0.4) is 0 Å². The zero-order valence-corrected chi connectivity index (χ0v) is 10.6. The zero-order valence-electron chi connectivity index (χ0n) is 10.6. The lowest BCUT2D eigenvalue weighted by atomic mass is 9.74. The Bertz CT molecular complexity index is 318. The highest BCUT2D eigenvalue weighted by Crippen LogP contribution is 2.33. The van der Waals surface area contributed by atoms with E-state index in [-0.39, 0.29) is 6.09 Å². The van der Waals surface area contributed by atoms with Crippen molar-refractivity contribution in [3.63, 3.8) is 0 Å². The van der Waals surface area contributed by atoms with Crippen molar-refractivity contribution in [2.24, 2.45) is 17.0 Å². The van der Waals surface area contributed by atoms with Gasteiger partial charge >= 0.3 is 6.09 Å². The van der Waals surface area contributed by atoms with Gasteiger partial charge in [0.2, 0.25) is 0 Å². The van der Waals surface area contributed by atoms with Crippen LogP contribution in [0.1, 0.15) is 33.6 Å². The zero-order chi connectivity index (χ0) is 12.9. The number of nitrogens with one attached hydrogen (secondary N) is 1. The molecule has 0 heterocycles. The number of nitrogens with zero attached hydrogens (tertiary/aromatic N) is 3. The summed E-state index contributed by atoms with van der Waals surface area (Å²) in [5, 5.41) is 6.32. The fourth-order valence-electron chi connectivity index (χ4n) is 1.82. The Hall–Kier alpha value is -1.42. The van der Waals surface area contributed by atoms with Gasteiger partial charge in [-0.25, -0.2) is 4.79 Å². The van der Waals surface area contributed by atoms with Crippen molar-refractivity contribution in [2.45, 2.75) is 39.2 Å². The molecule has 6 nitrogen and oxygen atoms in total. The van der Waals surface area contributed by atoms with Crippen molar-refractivity contribution in [1.29, 1.82) is 0 Å². The monoisotopic (exact) mass is 240 g/mol. The van der Waals surface area contributed by atoms with E-state index in [1.54, 1.807) is 0 Å². The summed E-state index contributed by atoms with van der Waals surface area (Å²) in [6, 6.07) is 0. The van der Waals surface area contributed by atoms with Crippen molar-refractivity contribution in [1.82, 2.24) is 5.32 Å². The van der Waals surface area contributed by atoms with Crippen molar-refractivity contribution in [3.05, 3.63) is 10.4 Å². The van der Waals surface area contributed by atoms with Crippen molar-refractivity contribution in [2.75, 3.05) is 13.1 Å². The van der Waals surface area contributed by atoms with Crippen LogP contribution < -0.4 is 5.32 Å². The lowest BCUT2D eigenvalue weighted by molar-refractivity contribution is 0.0493. The maximum absolute atomic E-state index is 11.4. The molecule has 1 aliphatic rings. The first-order valence-electron chi connectivity index (χ1n) is 5.90. The number of carbonyl (C=O) groups is 1. The molecular weight excluding hydrogens is 220 g/mol. The highest BCUT2D eigenvalue weighted by Gasteiger charge is 2.30. The summed E-state index contributed by atoms with van der Waals surface area (Å²) in [6.07, 6.45) is 1.76. The van der Waals surface area contributed by atoms with Gasteiger partial charge in [0, 0.05) is 18.0 Å². The van der Waals surface area contributed by atoms with Gasteiger partial charge < -0.3 is 10.1 Å². The number of ether oxygens (including phenoxy) is 1. The van der Waals surface area contributed by atoms with E-state index in [1.165, 1.54) is 0 Å². The van der Waals surface area contributed by atoms with E-state index in [1.807, 2.05) is 20.8 Å². The first kappa shape index (κ1) is 13.6. The molecule has 6 heteroatoms. The molecule has 0 aromatic carbocycles. The highest BCUT2D eigenvalue weighted by atomic mass is 16.6. The van der Waals surface area contributed by atoms with Crippen LogP contribution in [0.2, 0.25) is 0 Å². The van der Waals surface area contributed by atoms with Gasteiger partial charge in [-0.05, 0) is 51.0 Å². The maximum Gasteiger partial charge on any atom is 0.407 e. The summed E-state index contributed by atoms with van der Waals surface area (Å²) in [4.78, 5) is 14.2. The second kappa shape index (κ2) is 5.77. The van der Waals surface area contributed by atoms with E-state index in [9.17, 15) is 4.79 Å². The van der Waals surface area contributed by atoms with Gasteiger partial charge in [0.15, 0.2) is 0 Å². The largest absolute Gasteiger partial charge is 0.444 e. The SMILES string of the molecule is CC(C)(C)OC(=O)NC[C@@H]1CC[C@H]1CN=[N+]=[N-]. The van der Waals surface area contributed by atoms with E-state index in [4.69, 9.17) is 10.3 Å². The quantitative estimate of drug-likeness (QED) is 0.465. The summed E-state index contributed by atoms with van der Waals surface area (Å²) < 4.78 is 5.14. The Morgan fingerprint density at radius 3 is 2.59 bits per heavy atom. The van der Waals surface area contributed by atoms with Crippen LogP contribution in [0, 0.1) is 11.8 Å². The fraction of sp³-hybridized carbons (Fsp3) is 0.909. The van der Waals surface area contributed by atoms with Gasteiger partial charge in [-0.1, -0.05) is 5.11 Å². The average Bonchev–Trinajstić information content (AvgIpc) is 2.14. The van der Waals surface area contributed by atoms with E-state index in [2.05, 4.69) is 15.3 Å². The minimum atomic E-state index is -0.464. The van der Waals surface area contributed by atoms with Crippen molar-refractivity contribution >= 4 is 6.09 Å². The van der Waals surface area contributed by atoms with Crippen molar-refractivity contribution < 1.29 is 9.53 Å². The summed E-state index contributed by atoms with van der Waals surface area (Å²) in [7, 11) is 0. The summed E-state index contributed by atoms with van der Waals surface area (Å²) in [6.45, 7) is 6.62. The van der Waals surface area contributed by atoms with E-state index in [0.717, 1.165) is 12.8 Å². The third-order valence-electron chi connectivity index (χ3n) is 2.86. The van der Waals surface area contributed by atoms with Gasteiger partial charge in [0.1, 0.15) is 5.60 Å². The van der Waals surface area contributed by atoms with Crippen LogP contribution in [0.5, 0.6) is 0 Å².